The summed E-state index contributed by atoms with van der Waals surface area (Å²) in [5.41, 5.74) is 0.859. The molecule has 0 aromatic rings. The second-order valence-corrected chi connectivity index (χ2v) is 9.05. The minimum absolute atomic E-state index is 0.0914. The highest BCUT2D eigenvalue weighted by Crippen LogP contribution is 2.59. The molecule has 3 fully saturated rings. The predicted octanol–water partition coefficient (Wildman–Crippen LogP) is 4.05. The lowest BCUT2D eigenvalue weighted by molar-refractivity contribution is -0.169. The van der Waals surface area contributed by atoms with Crippen LogP contribution >= 0.6 is 0 Å². The molecule has 7 heteroatoms. The Hall–Kier alpha value is -1.70. The van der Waals surface area contributed by atoms with Crippen molar-refractivity contribution in [1.82, 2.24) is 0 Å². The van der Waals surface area contributed by atoms with E-state index in [0.29, 0.717) is 0 Å². The standard InChI is InChI=1S/C18H28O5.C6H10O2/c1-11(2)6-7-14-17(4,23-14)16-15(20-5)13(22-12(3)19)8-9-18(16)10-21-18;1-2-3-4-5-6(7)8/h6,13-16H,7-10H2,1-5H3;4-5H,2-3H2,1H3,(H,7,8). The highest BCUT2D eigenvalue weighted by atomic mass is 16.6. The van der Waals surface area contributed by atoms with Gasteiger partial charge in [0.05, 0.1) is 18.6 Å². The van der Waals surface area contributed by atoms with Gasteiger partial charge in [0.1, 0.15) is 23.4 Å². The summed E-state index contributed by atoms with van der Waals surface area (Å²) >= 11 is 0. The smallest absolute Gasteiger partial charge is 0.327 e. The van der Waals surface area contributed by atoms with E-state index in [-0.39, 0.29) is 41.4 Å². The predicted molar refractivity (Wildman–Crippen MR) is 117 cm³/mol. The molecule has 0 bridgehead atoms. The average Bonchev–Trinajstić information content (AvgIpc) is 3.59. The Kier molecular flexibility index (Phi) is 8.86. The number of carbonyl (C=O) groups excluding carboxylic acids is 1. The Morgan fingerprint density at radius 3 is 2.42 bits per heavy atom. The van der Waals surface area contributed by atoms with Crippen LogP contribution in [0.3, 0.4) is 0 Å². The topological polar surface area (TPSA) is 97.9 Å². The number of carboxylic acid groups (broad SMARTS) is 1. The molecule has 31 heavy (non-hydrogen) atoms. The van der Waals surface area contributed by atoms with Gasteiger partial charge in [-0.3, -0.25) is 4.79 Å². The second kappa shape index (κ2) is 10.7. The van der Waals surface area contributed by atoms with Crippen molar-refractivity contribution in [3.05, 3.63) is 23.8 Å². The zero-order chi connectivity index (χ0) is 23.2. The van der Waals surface area contributed by atoms with E-state index >= 15 is 0 Å². The summed E-state index contributed by atoms with van der Waals surface area (Å²) in [6, 6.07) is 0. The molecule has 0 amide bonds. The van der Waals surface area contributed by atoms with Crippen molar-refractivity contribution in [3.63, 3.8) is 0 Å². The van der Waals surface area contributed by atoms with Gasteiger partial charge in [0.15, 0.2) is 0 Å². The number of esters is 1. The minimum atomic E-state index is -0.863. The average molecular weight is 439 g/mol. The van der Waals surface area contributed by atoms with Crippen LogP contribution in [0.5, 0.6) is 0 Å². The van der Waals surface area contributed by atoms with E-state index in [9.17, 15) is 9.59 Å². The number of hydrogen-bond donors (Lipinski definition) is 1. The first-order valence-corrected chi connectivity index (χ1v) is 11.1. The Labute approximate surface area is 185 Å². The number of carbonyl (C=O) groups is 2. The van der Waals surface area contributed by atoms with Gasteiger partial charge in [0.25, 0.3) is 0 Å². The van der Waals surface area contributed by atoms with E-state index in [4.69, 9.17) is 24.1 Å². The molecule has 1 N–H and O–H groups in total. The van der Waals surface area contributed by atoms with Crippen molar-refractivity contribution in [2.75, 3.05) is 13.7 Å². The van der Waals surface area contributed by atoms with Gasteiger partial charge in [-0.2, -0.15) is 0 Å². The zero-order valence-electron chi connectivity index (χ0n) is 19.7. The van der Waals surface area contributed by atoms with Gasteiger partial charge in [0, 0.05) is 20.1 Å². The third-order valence-corrected chi connectivity index (χ3v) is 6.27. The normalized spacial score (nSPS) is 35.8. The zero-order valence-corrected chi connectivity index (χ0v) is 19.7. The molecule has 176 valence electrons. The highest BCUT2D eigenvalue weighted by molar-refractivity contribution is 5.79. The maximum atomic E-state index is 11.4. The van der Waals surface area contributed by atoms with Crippen LogP contribution in [0.15, 0.2) is 23.8 Å². The van der Waals surface area contributed by atoms with Crippen molar-refractivity contribution >= 4 is 11.9 Å². The largest absolute Gasteiger partial charge is 0.478 e. The summed E-state index contributed by atoms with van der Waals surface area (Å²) in [4.78, 5) is 21.2. The van der Waals surface area contributed by atoms with E-state index in [1.54, 1.807) is 13.2 Å². The first kappa shape index (κ1) is 25.6. The molecular weight excluding hydrogens is 400 g/mol. The number of carboxylic acids is 1. The van der Waals surface area contributed by atoms with Gasteiger partial charge in [-0.15, -0.1) is 0 Å². The number of ether oxygens (including phenoxy) is 4. The number of hydrogen-bond acceptors (Lipinski definition) is 6. The highest BCUT2D eigenvalue weighted by Gasteiger charge is 2.72. The molecule has 3 aliphatic rings. The van der Waals surface area contributed by atoms with Crippen molar-refractivity contribution in [1.29, 1.82) is 0 Å². The van der Waals surface area contributed by atoms with Crippen LogP contribution in [0.4, 0.5) is 0 Å². The molecule has 0 radical (unpaired) electrons. The van der Waals surface area contributed by atoms with Gasteiger partial charge in [0.2, 0.25) is 0 Å². The first-order chi connectivity index (χ1) is 14.6. The lowest BCUT2D eigenvalue weighted by atomic mass is 9.68. The van der Waals surface area contributed by atoms with Crippen LogP contribution in [0.1, 0.15) is 66.7 Å². The number of rotatable bonds is 8. The summed E-state index contributed by atoms with van der Waals surface area (Å²) < 4.78 is 23.3. The maximum absolute atomic E-state index is 11.4. The second-order valence-electron chi connectivity index (χ2n) is 9.05. The van der Waals surface area contributed by atoms with E-state index < -0.39 is 5.97 Å². The molecule has 0 aromatic carbocycles. The van der Waals surface area contributed by atoms with Crippen LogP contribution in [-0.2, 0) is 28.5 Å². The maximum Gasteiger partial charge on any atom is 0.327 e. The summed E-state index contributed by atoms with van der Waals surface area (Å²) in [6.07, 6.45) is 9.25. The number of unbranched alkanes of at least 4 members (excludes halogenated alkanes) is 1. The fourth-order valence-corrected chi connectivity index (χ4v) is 4.63. The molecule has 1 aliphatic carbocycles. The molecular formula is C24H38O7. The Morgan fingerprint density at radius 2 is 1.94 bits per heavy atom. The molecule has 2 heterocycles. The van der Waals surface area contributed by atoms with Crippen LogP contribution in [-0.4, -0.2) is 60.3 Å². The quantitative estimate of drug-likeness (QED) is 0.264. The molecule has 1 saturated carbocycles. The third-order valence-electron chi connectivity index (χ3n) is 6.27. The molecule has 7 nitrogen and oxygen atoms in total. The van der Waals surface area contributed by atoms with Gasteiger partial charge in [-0.1, -0.05) is 31.1 Å². The molecule has 1 spiro atoms. The Balaban J connectivity index is 0.000000366. The van der Waals surface area contributed by atoms with E-state index in [2.05, 4.69) is 26.8 Å². The third kappa shape index (κ3) is 6.64. The van der Waals surface area contributed by atoms with Crippen LogP contribution < -0.4 is 0 Å². The fraction of sp³-hybridized carbons (Fsp3) is 0.750. The van der Waals surface area contributed by atoms with Gasteiger partial charge >= 0.3 is 11.9 Å². The van der Waals surface area contributed by atoms with Crippen molar-refractivity contribution in [3.8, 4) is 0 Å². The summed E-state index contributed by atoms with van der Waals surface area (Å²) in [5, 5.41) is 8.05. The van der Waals surface area contributed by atoms with Gasteiger partial charge in [-0.25, -0.2) is 4.79 Å². The van der Waals surface area contributed by atoms with E-state index in [0.717, 1.165) is 38.7 Å². The van der Waals surface area contributed by atoms with Gasteiger partial charge in [-0.05, 0) is 46.5 Å². The lowest BCUT2D eigenvalue weighted by Crippen LogP contribution is -2.55. The fourth-order valence-electron chi connectivity index (χ4n) is 4.63. The molecule has 6 unspecified atom stereocenters. The number of epoxide rings is 2. The van der Waals surface area contributed by atoms with Crippen LogP contribution in [0, 0.1) is 5.92 Å². The lowest BCUT2D eigenvalue weighted by Gasteiger charge is -2.42. The molecule has 0 aromatic heterocycles. The van der Waals surface area contributed by atoms with E-state index in [1.807, 2.05) is 6.92 Å². The number of aliphatic carboxylic acids is 1. The van der Waals surface area contributed by atoms with Crippen LogP contribution in [0.2, 0.25) is 0 Å². The monoisotopic (exact) mass is 438 g/mol. The van der Waals surface area contributed by atoms with Crippen molar-refractivity contribution in [2.24, 2.45) is 5.92 Å². The van der Waals surface area contributed by atoms with Gasteiger partial charge < -0.3 is 24.1 Å². The Bertz CT molecular complexity index is 690. The van der Waals surface area contributed by atoms with Crippen molar-refractivity contribution in [2.45, 2.75) is 96.2 Å². The van der Waals surface area contributed by atoms with E-state index in [1.165, 1.54) is 18.6 Å². The van der Waals surface area contributed by atoms with Crippen LogP contribution in [0.25, 0.3) is 0 Å². The SMILES string of the molecule is CCCC=CC(=O)O.COC1C(OC(C)=O)CCC2(CO2)C1C1(C)OC1CC=C(C)C. The van der Waals surface area contributed by atoms with Crippen molar-refractivity contribution < 1.29 is 33.6 Å². The summed E-state index contributed by atoms with van der Waals surface area (Å²) in [5.74, 6) is -1.03. The summed E-state index contributed by atoms with van der Waals surface area (Å²) in [6.45, 7) is 10.5. The summed E-state index contributed by atoms with van der Waals surface area (Å²) in [7, 11) is 1.69. The number of allylic oxidation sites excluding steroid dienone is 2. The molecule has 3 rings (SSSR count). The Morgan fingerprint density at radius 1 is 1.26 bits per heavy atom. The molecule has 2 saturated heterocycles. The molecule has 6 atom stereocenters. The number of methoxy groups -OCH3 is 1. The minimum Gasteiger partial charge on any atom is -0.478 e. The first-order valence-electron chi connectivity index (χ1n) is 11.1. The molecule has 2 aliphatic heterocycles.